The standard InChI is InChI=1S/C25H23NO5/c1-26-21-7-5-4-6-20(21)25(29,24(26)28)22(16-8-12-18(30-2)13-9-16)23(27)17-10-14-19(31-3)15-11-17/h4-15,22,29H,1-3H3/t22-,25-/m1/s1. The molecule has 0 radical (unpaired) electrons. The number of methoxy groups -OCH3 is 2. The first kappa shape index (κ1) is 20.6. The lowest BCUT2D eigenvalue weighted by molar-refractivity contribution is -0.137. The summed E-state index contributed by atoms with van der Waals surface area (Å²) >= 11 is 0. The number of likely N-dealkylation sites (N-methyl/N-ethyl adjacent to an activating group) is 1. The van der Waals surface area contributed by atoms with Crippen molar-refractivity contribution in [3.8, 4) is 11.5 Å². The smallest absolute Gasteiger partial charge is 0.264 e. The van der Waals surface area contributed by atoms with Crippen LogP contribution in [0.5, 0.6) is 11.5 Å². The van der Waals surface area contributed by atoms with Crippen LogP contribution in [0.1, 0.15) is 27.4 Å². The summed E-state index contributed by atoms with van der Waals surface area (Å²) < 4.78 is 10.4. The Morgan fingerprint density at radius 2 is 1.45 bits per heavy atom. The number of anilines is 1. The van der Waals surface area contributed by atoms with E-state index in [1.165, 1.54) is 4.90 Å². The topological polar surface area (TPSA) is 76.1 Å². The second-order valence-corrected chi connectivity index (χ2v) is 7.45. The van der Waals surface area contributed by atoms with Crippen molar-refractivity contribution >= 4 is 17.4 Å². The predicted molar refractivity (Wildman–Crippen MR) is 117 cm³/mol. The normalized spacial score (nSPS) is 18.5. The Morgan fingerprint density at radius 1 is 0.903 bits per heavy atom. The third-order valence-electron chi connectivity index (χ3n) is 5.81. The molecular formula is C25H23NO5. The van der Waals surface area contributed by atoms with Crippen molar-refractivity contribution in [1.29, 1.82) is 0 Å². The van der Waals surface area contributed by atoms with Crippen LogP contribution in [-0.2, 0) is 10.4 Å². The molecule has 0 fully saturated rings. The number of benzene rings is 3. The second-order valence-electron chi connectivity index (χ2n) is 7.45. The summed E-state index contributed by atoms with van der Waals surface area (Å²) in [6.07, 6.45) is 0. The Balaban J connectivity index is 1.90. The molecule has 4 rings (SSSR count). The van der Waals surface area contributed by atoms with E-state index in [1.807, 2.05) is 0 Å². The molecule has 31 heavy (non-hydrogen) atoms. The molecule has 1 N–H and O–H groups in total. The molecule has 0 saturated heterocycles. The number of carbonyl (C=O) groups is 2. The Labute approximate surface area is 180 Å². The number of Topliss-reactive ketones (excluding diaryl/α,β-unsaturated/α-hetero) is 1. The lowest BCUT2D eigenvalue weighted by Crippen LogP contribution is -2.46. The van der Waals surface area contributed by atoms with Gasteiger partial charge >= 0.3 is 0 Å². The molecule has 1 amide bonds. The van der Waals surface area contributed by atoms with Crippen molar-refractivity contribution in [2.24, 2.45) is 0 Å². The summed E-state index contributed by atoms with van der Waals surface area (Å²) in [5.74, 6) is -0.838. The van der Waals surface area contributed by atoms with E-state index in [0.717, 1.165) is 0 Å². The van der Waals surface area contributed by atoms with Gasteiger partial charge in [0.1, 0.15) is 11.5 Å². The summed E-state index contributed by atoms with van der Waals surface area (Å²) in [7, 11) is 4.69. The van der Waals surface area contributed by atoms with Gasteiger partial charge in [-0.15, -0.1) is 0 Å². The van der Waals surface area contributed by atoms with Gasteiger partial charge < -0.3 is 19.5 Å². The maximum absolute atomic E-state index is 13.8. The number of hydrogen-bond acceptors (Lipinski definition) is 5. The summed E-state index contributed by atoms with van der Waals surface area (Å²) in [4.78, 5) is 28.5. The van der Waals surface area contributed by atoms with Crippen LogP contribution in [-0.4, -0.2) is 38.1 Å². The number of amides is 1. The predicted octanol–water partition coefficient (Wildman–Crippen LogP) is 3.53. The van der Waals surface area contributed by atoms with E-state index >= 15 is 0 Å². The highest BCUT2D eigenvalue weighted by molar-refractivity contribution is 6.13. The Bertz CT molecular complexity index is 1120. The van der Waals surface area contributed by atoms with Crippen LogP contribution in [0.15, 0.2) is 72.8 Å². The molecule has 158 valence electrons. The Hall–Kier alpha value is -3.64. The first-order valence-electron chi connectivity index (χ1n) is 9.84. The molecule has 1 aliphatic heterocycles. The monoisotopic (exact) mass is 417 g/mol. The van der Waals surface area contributed by atoms with E-state index in [-0.39, 0.29) is 5.78 Å². The van der Waals surface area contributed by atoms with Crippen LogP contribution in [0, 0.1) is 0 Å². The number of hydrogen-bond donors (Lipinski definition) is 1. The summed E-state index contributed by atoms with van der Waals surface area (Å²) in [6, 6.07) is 20.5. The zero-order valence-corrected chi connectivity index (χ0v) is 17.5. The van der Waals surface area contributed by atoms with Crippen molar-refractivity contribution in [1.82, 2.24) is 0 Å². The number of ketones is 1. The number of rotatable bonds is 6. The highest BCUT2D eigenvalue weighted by atomic mass is 16.5. The molecular weight excluding hydrogens is 394 g/mol. The van der Waals surface area contributed by atoms with Crippen molar-refractivity contribution in [3.05, 3.63) is 89.5 Å². The SMILES string of the molecule is COc1ccc(C(=O)[C@@H](c2ccc(OC)cc2)[C@@]2(O)C(=O)N(C)c3ccccc32)cc1. The molecule has 3 aromatic rings. The van der Waals surface area contributed by atoms with Crippen molar-refractivity contribution in [3.63, 3.8) is 0 Å². The van der Waals surface area contributed by atoms with Gasteiger partial charge in [0.25, 0.3) is 5.91 Å². The molecule has 0 aromatic heterocycles. The van der Waals surface area contributed by atoms with Gasteiger partial charge in [-0.25, -0.2) is 0 Å². The second kappa shape index (κ2) is 7.89. The quantitative estimate of drug-likeness (QED) is 0.621. The third-order valence-corrected chi connectivity index (χ3v) is 5.81. The summed E-state index contributed by atoms with van der Waals surface area (Å²) in [5.41, 5.74) is -0.171. The molecule has 6 heteroatoms. The molecule has 1 aliphatic rings. The Kier molecular flexibility index (Phi) is 5.25. The number of aliphatic hydroxyl groups is 1. The van der Waals surface area contributed by atoms with Crippen molar-refractivity contribution < 1.29 is 24.2 Å². The van der Waals surface area contributed by atoms with Crippen LogP contribution in [0.2, 0.25) is 0 Å². The van der Waals surface area contributed by atoms with Crippen molar-refractivity contribution in [2.75, 3.05) is 26.2 Å². The van der Waals surface area contributed by atoms with Gasteiger partial charge in [0.05, 0.1) is 25.8 Å². The molecule has 2 atom stereocenters. The van der Waals surface area contributed by atoms with Gasteiger partial charge in [-0.2, -0.15) is 0 Å². The molecule has 0 saturated carbocycles. The van der Waals surface area contributed by atoms with Crippen molar-refractivity contribution in [2.45, 2.75) is 11.5 Å². The van der Waals surface area contributed by atoms with E-state index in [1.54, 1.807) is 94.1 Å². The summed E-state index contributed by atoms with van der Waals surface area (Å²) in [6.45, 7) is 0. The van der Waals surface area contributed by atoms with Gasteiger partial charge in [0.15, 0.2) is 11.4 Å². The minimum Gasteiger partial charge on any atom is -0.497 e. The number of para-hydroxylation sites is 1. The lowest BCUT2D eigenvalue weighted by Gasteiger charge is -2.31. The van der Waals surface area contributed by atoms with E-state index < -0.39 is 17.4 Å². The van der Waals surface area contributed by atoms with Crippen LogP contribution < -0.4 is 14.4 Å². The number of fused-ring (bicyclic) bond motifs is 1. The van der Waals surface area contributed by atoms with E-state index in [4.69, 9.17) is 9.47 Å². The fourth-order valence-electron chi connectivity index (χ4n) is 4.15. The molecule has 0 spiro atoms. The molecule has 6 nitrogen and oxygen atoms in total. The lowest BCUT2D eigenvalue weighted by atomic mass is 9.74. The largest absolute Gasteiger partial charge is 0.497 e. The first-order valence-corrected chi connectivity index (χ1v) is 9.84. The van der Waals surface area contributed by atoms with Crippen LogP contribution in [0.3, 0.4) is 0 Å². The first-order chi connectivity index (χ1) is 14.9. The van der Waals surface area contributed by atoms with Gasteiger partial charge in [-0.3, -0.25) is 9.59 Å². The molecule has 0 unspecified atom stereocenters. The fraction of sp³-hybridized carbons (Fsp3) is 0.200. The van der Waals surface area contributed by atoms with Gasteiger partial charge in [0.2, 0.25) is 0 Å². The van der Waals surface area contributed by atoms with Gasteiger partial charge in [-0.05, 0) is 48.0 Å². The molecule has 3 aromatic carbocycles. The van der Waals surface area contributed by atoms with E-state index in [2.05, 4.69) is 0 Å². The highest BCUT2D eigenvalue weighted by Crippen LogP contribution is 2.49. The van der Waals surface area contributed by atoms with Gasteiger partial charge in [-0.1, -0.05) is 30.3 Å². The minimum atomic E-state index is -2.04. The third kappa shape index (κ3) is 3.25. The van der Waals surface area contributed by atoms with Crippen LogP contribution in [0.4, 0.5) is 5.69 Å². The average molecular weight is 417 g/mol. The van der Waals surface area contributed by atoms with Crippen LogP contribution >= 0.6 is 0 Å². The Morgan fingerprint density at radius 3 is 2.03 bits per heavy atom. The molecule has 1 heterocycles. The maximum atomic E-state index is 13.8. The zero-order valence-electron chi connectivity index (χ0n) is 17.5. The van der Waals surface area contributed by atoms with Gasteiger partial charge in [0, 0.05) is 18.2 Å². The maximum Gasteiger partial charge on any atom is 0.264 e. The minimum absolute atomic E-state index is 0.367. The number of carbonyl (C=O) groups excluding carboxylic acids is 2. The fourth-order valence-corrected chi connectivity index (χ4v) is 4.15. The highest BCUT2D eigenvalue weighted by Gasteiger charge is 2.56. The van der Waals surface area contributed by atoms with Crippen LogP contribution in [0.25, 0.3) is 0 Å². The molecule has 0 bridgehead atoms. The van der Waals surface area contributed by atoms with E-state index in [9.17, 15) is 14.7 Å². The summed E-state index contributed by atoms with van der Waals surface area (Å²) in [5, 5.41) is 11.9. The number of nitrogens with zero attached hydrogens (tertiary/aromatic N) is 1. The zero-order chi connectivity index (χ0) is 22.2. The molecule has 0 aliphatic carbocycles. The number of ether oxygens (including phenoxy) is 2. The van der Waals surface area contributed by atoms with E-state index in [0.29, 0.717) is 33.9 Å². The average Bonchev–Trinajstić information content (AvgIpc) is 3.01.